The summed E-state index contributed by atoms with van der Waals surface area (Å²) in [5.74, 6) is 0.430. The van der Waals surface area contributed by atoms with Gasteiger partial charge in [-0.2, -0.15) is 0 Å². The van der Waals surface area contributed by atoms with Gasteiger partial charge < -0.3 is 0 Å². The normalized spacial score (nSPS) is 21.6. The smallest absolute Gasteiger partial charge is 0.0650 e. The summed E-state index contributed by atoms with van der Waals surface area (Å²) >= 11 is 6.45. The molecule has 0 bridgehead atoms. The van der Waals surface area contributed by atoms with Gasteiger partial charge in [-0.25, -0.2) is 0 Å². The molecule has 78 valence electrons. The van der Waals surface area contributed by atoms with Crippen LogP contribution in [0.4, 0.5) is 0 Å². The van der Waals surface area contributed by atoms with Crippen molar-refractivity contribution < 1.29 is 0 Å². The molecule has 1 heteroatoms. The molecular formula is C14H15Cl. The molecular weight excluding hydrogens is 204 g/mol. The summed E-state index contributed by atoms with van der Waals surface area (Å²) < 4.78 is 0. The second kappa shape index (κ2) is 4.67. The third-order valence-corrected chi connectivity index (χ3v) is 3.36. The fourth-order valence-electron chi connectivity index (χ4n) is 1.81. The van der Waals surface area contributed by atoms with E-state index in [-0.39, 0.29) is 5.38 Å². The Hall–Kier alpha value is -1.01. The highest BCUT2D eigenvalue weighted by molar-refractivity contribution is 6.21. The average molecular weight is 219 g/mol. The number of hydrogen-bond donors (Lipinski definition) is 0. The van der Waals surface area contributed by atoms with E-state index in [4.69, 9.17) is 11.6 Å². The van der Waals surface area contributed by atoms with Crippen LogP contribution in [-0.2, 0) is 0 Å². The minimum absolute atomic E-state index is 0.0896. The van der Waals surface area contributed by atoms with E-state index in [0.29, 0.717) is 5.92 Å². The molecule has 0 fully saturated rings. The van der Waals surface area contributed by atoms with Crippen LogP contribution in [0.1, 0.15) is 22.9 Å². The number of benzene rings is 1. The molecule has 1 aromatic rings. The molecule has 0 saturated carbocycles. The van der Waals surface area contributed by atoms with Gasteiger partial charge in [-0.05, 0) is 18.9 Å². The van der Waals surface area contributed by atoms with E-state index in [2.05, 4.69) is 55.5 Å². The van der Waals surface area contributed by atoms with Crippen LogP contribution in [-0.4, -0.2) is 0 Å². The monoisotopic (exact) mass is 218 g/mol. The van der Waals surface area contributed by atoms with Crippen LogP contribution in [0.3, 0.4) is 0 Å². The fraction of sp³-hybridized carbons (Fsp3) is 0.286. The largest absolute Gasteiger partial charge is 0.117 e. The maximum Gasteiger partial charge on any atom is 0.0650 e. The molecule has 0 aromatic heterocycles. The first-order chi connectivity index (χ1) is 7.27. The Labute approximate surface area is 96.3 Å². The van der Waals surface area contributed by atoms with Crippen LogP contribution in [0.25, 0.3) is 0 Å². The average Bonchev–Trinajstić information content (AvgIpc) is 2.30. The number of halogens is 1. The molecule has 2 atom stereocenters. The molecule has 0 heterocycles. The standard InChI is InChI=1S/C14H15Cl/c1-11-7-9-13(10-8-11)14(15)12-5-3-2-4-6-12/h2-5,7-10,12,14H,6H2,1H3. The zero-order valence-corrected chi connectivity index (χ0v) is 9.61. The molecule has 0 spiro atoms. The molecule has 0 N–H and O–H groups in total. The third kappa shape index (κ3) is 2.51. The van der Waals surface area contributed by atoms with Crippen LogP contribution < -0.4 is 0 Å². The first kappa shape index (κ1) is 10.5. The van der Waals surface area contributed by atoms with Crippen LogP contribution in [0.15, 0.2) is 48.6 Å². The van der Waals surface area contributed by atoms with Gasteiger partial charge >= 0.3 is 0 Å². The van der Waals surface area contributed by atoms with Gasteiger partial charge in [-0.15, -0.1) is 11.6 Å². The highest BCUT2D eigenvalue weighted by atomic mass is 35.5. The Morgan fingerprint density at radius 1 is 1.20 bits per heavy atom. The first-order valence-corrected chi connectivity index (χ1v) is 5.75. The summed E-state index contributed by atoms with van der Waals surface area (Å²) in [6.07, 6.45) is 9.57. The van der Waals surface area contributed by atoms with Crippen molar-refractivity contribution in [3.63, 3.8) is 0 Å². The number of hydrogen-bond acceptors (Lipinski definition) is 0. The number of allylic oxidation sites excluding steroid dienone is 4. The lowest BCUT2D eigenvalue weighted by Crippen LogP contribution is -2.06. The Bertz CT molecular complexity index is 373. The molecule has 2 unspecified atom stereocenters. The van der Waals surface area contributed by atoms with Gasteiger partial charge in [0.25, 0.3) is 0 Å². The molecule has 0 amide bonds. The molecule has 1 aromatic carbocycles. The van der Waals surface area contributed by atoms with Crippen molar-refractivity contribution in [1.82, 2.24) is 0 Å². The maximum atomic E-state index is 6.45. The van der Waals surface area contributed by atoms with Gasteiger partial charge in [0.1, 0.15) is 0 Å². The molecule has 0 saturated heterocycles. The van der Waals surface area contributed by atoms with Crippen molar-refractivity contribution in [1.29, 1.82) is 0 Å². The van der Waals surface area contributed by atoms with Gasteiger partial charge in [0, 0.05) is 5.92 Å². The third-order valence-electron chi connectivity index (χ3n) is 2.79. The fourth-order valence-corrected chi connectivity index (χ4v) is 2.15. The molecule has 15 heavy (non-hydrogen) atoms. The Kier molecular flexibility index (Phi) is 3.27. The van der Waals surface area contributed by atoms with Crippen molar-refractivity contribution in [3.05, 3.63) is 59.7 Å². The lowest BCUT2D eigenvalue weighted by atomic mass is 9.92. The van der Waals surface area contributed by atoms with E-state index in [1.54, 1.807) is 0 Å². The minimum atomic E-state index is 0.0896. The molecule has 2 rings (SSSR count). The van der Waals surface area contributed by atoms with Gasteiger partial charge in [0.2, 0.25) is 0 Å². The predicted molar refractivity (Wildman–Crippen MR) is 66.2 cm³/mol. The zero-order valence-electron chi connectivity index (χ0n) is 8.86. The first-order valence-electron chi connectivity index (χ1n) is 5.31. The van der Waals surface area contributed by atoms with Crippen molar-refractivity contribution in [2.75, 3.05) is 0 Å². The summed E-state index contributed by atoms with van der Waals surface area (Å²) in [4.78, 5) is 0. The SMILES string of the molecule is Cc1ccc(C(Cl)C2C=CC=CC2)cc1. The number of aryl methyl sites for hydroxylation is 1. The Morgan fingerprint density at radius 2 is 1.93 bits per heavy atom. The molecule has 0 nitrogen and oxygen atoms in total. The predicted octanol–water partition coefficient (Wildman–Crippen LogP) is 4.41. The van der Waals surface area contributed by atoms with Crippen LogP contribution in [0.5, 0.6) is 0 Å². The van der Waals surface area contributed by atoms with Crippen molar-refractivity contribution in [2.45, 2.75) is 18.7 Å². The molecule has 0 aliphatic heterocycles. The topological polar surface area (TPSA) is 0 Å². The summed E-state index contributed by atoms with van der Waals surface area (Å²) in [5, 5.41) is 0.0896. The van der Waals surface area contributed by atoms with Crippen LogP contribution in [0.2, 0.25) is 0 Å². The van der Waals surface area contributed by atoms with Crippen LogP contribution in [0, 0.1) is 12.8 Å². The van der Waals surface area contributed by atoms with Gasteiger partial charge in [-0.3, -0.25) is 0 Å². The van der Waals surface area contributed by atoms with E-state index >= 15 is 0 Å². The summed E-state index contributed by atoms with van der Waals surface area (Å²) in [6.45, 7) is 2.09. The minimum Gasteiger partial charge on any atom is -0.117 e. The van der Waals surface area contributed by atoms with Gasteiger partial charge in [0.05, 0.1) is 5.38 Å². The summed E-state index contributed by atoms with van der Waals surface area (Å²) in [5.41, 5.74) is 2.49. The highest BCUT2D eigenvalue weighted by Gasteiger charge is 2.18. The van der Waals surface area contributed by atoms with Crippen molar-refractivity contribution in [3.8, 4) is 0 Å². The molecule has 1 aliphatic rings. The van der Waals surface area contributed by atoms with Crippen LogP contribution >= 0.6 is 11.6 Å². The Balaban J connectivity index is 2.13. The highest BCUT2D eigenvalue weighted by Crippen LogP contribution is 2.33. The van der Waals surface area contributed by atoms with Gasteiger partial charge in [0.15, 0.2) is 0 Å². The van der Waals surface area contributed by atoms with E-state index < -0.39 is 0 Å². The lowest BCUT2D eigenvalue weighted by molar-refractivity contribution is 0.631. The van der Waals surface area contributed by atoms with E-state index in [9.17, 15) is 0 Å². The second-order valence-electron chi connectivity index (χ2n) is 4.03. The lowest BCUT2D eigenvalue weighted by Gasteiger charge is -2.19. The Morgan fingerprint density at radius 3 is 2.53 bits per heavy atom. The quantitative estimate of drug-likeness (QED) is 0.646. The number of alkyl halides is 1. The van der Waals surface area contributed by atoms with E-state index in [0.717, 1.165) is 6.42 Å². The van der Waals surface area contributed by atoms with E-state index in [1.807, 2.05) is 0 Å². The summed E-state index contributed by atoms with van der Waals surface area (Å²) in [6, 6.07) is 8.48. The number of rotatable bonds is 2. The molecule has 0 radical (unpaired) electrons. The second-order valence-corrected chi connectivity index (χ2v) is 4.50. The zero-order chi connectivity index (χ0) is 10.7. The maximum absolute atomic E-state index is 6.45. The summed E-state index contributed by atoms with van der Waals surface area (Å²) in [7, 11) is 0. The van der Waals surface area contributed by atoms with Gasteiger partial charge in [-0.1, -0.05) is 54.1 Å². The molecule has 1 aliphatic carbocycles. The van der Waals surface area contributed by atoms with E-state index in [1.165, 1.54) is 11.1 Å². The van der Waals surface area contributed by atoms with Crippen molar-refractivity contribution >= 4 is 11.6 Å². The van der Waals surface area contributed by atoms with Crippen molar-refractivity contribution in [2.24, 2.45) is 5.92 Å².